The number of hydrogen-bond donors (Lipinski definition) is 2. The second-order valence-electron chi connectivity index (χ2n) is 3.36. The minimum atomic E-state index is -4.61. The van der Waals surface area contributed by atoms with Gasteiger partial charge < -0.3 is 0 Å². The number of hydrogen-bond acceptors (Lipinski definition) is 3. The van der Waals surface area contributed by atoms with Gasteiger partial charge in [-0.3, -0.25) is 4.72 Å². The zero-order valence-corrected chi connectivity index (χ0v) is 11.4. The average Bonchev–Trinajstić information content (AvgIpc) is 2.20. The molecule has 0 atom stereocenters. The molecule has 0 radical (unpaired) electrons. The highest BCUT2D eigenvalue weighted by atomic mass is 79.9. The van der Waals surface area contributed by atoms with Gasteiger partial charge in [0.25, 0.3) is 0 Å². The maximum absolute atomic E-state index is 11.9. The van der Waals surface area contributed by atoms with Gasteiger partial charge >= 0.3 is 16.4 Å². The second-order valence-corrected chi connectivity index (χ2v) is 5.71. The van der Waals surface area contributed by atoms with Crippen molar-refractivity contribution in [2.75, 3.05) is 11.3 Å². The molecule has 2 N–H and O–H groups in total. The summed E-state index contributed by atoms with van der Waals surface area (Å²) in [4.78, 5) is 3.71. The largest absolute Gasteiger partial charge is 0.402 e. The van der Waals surface area contributed by atoms with Crippen LogP contribution in [0.4, 0.5) is 19.0 Å². The van der Waals surface area contributed by atoms with E-state index in [4.69, 9.17) is 0 Å². The predicted octanol–water partition coefficient (Wildman–Crippen LogP) is 1.96. The van der Waals surface area contributed by atoms with Crippen molar-refractivity contribution in [3.63, 3.8) is 0 Å². The summed E-state index contributed by atoms with van der Waals surface area (Å²) in [6.07, 6.45) is -3.27. The van der Waals surface area contributed by atoms with E-state index in [0.717, 1.165) is 0 Å². The fourth-order valence-corrected chi connectivity index (χ4v) is 1.98. The van der Waals surface area contributed by atoms with E-state index in [1.165, 1.54) is 17.0 Å². The number of aromatic nitrogens is 1. The van der Waals surface area contributed by atoms with Crippen LogP contribution in [0.25, 0.3) is 0 Å². The van der Waals surface area contributed by atoms with E-state index in [9.17, 15) is 21.6 Å². The van der Waals surface area contributed by atoms with Gasteiger partial charge in [-0.25, -0.2) is 4.98 Å². The summed E-state index contributed by atoms with van der Waals surface area (Å²) in [6.45, 7) is 0.0462. The number of aryl methyl sites for hydroxylation is 1. The third-order valence-electron chi connectivity index (χ3n) is 1.75. The standard InChI is InChI=1S/C8H9BrF3N3O2S/c1-5-2-7(13-3-6(5)9)15-18(16,17)14-4-8(10,11)12/h2-3,14H,4H2,1H3,(H,13,15). The van der Waals surface area contributed by atoms with Gasteiger partial charge in [-0.15, -0.1) is 0 Å². The summed E-state index contributed by atoms with van der Waals surface area (Å²) in [5.74, 6) is -0.0645. The lowest BCUT2D eigenvalue weighted by Crippen LogP contribution is -2.37. The van der Waals surface area contributed by atoms with Crippen molar-refractivity contribution in [3.8, 4) is 0 Å². The minimum absolute atomic E-state index is 0.0645. The number of alkyl halides is 3. The summed E-state index contributed by atoms with van der Waals surface area (Å²) < 4.78 is 62.0. The lowest BCUT2D eigenvalue weighted by molar-refractivity contribution is -0.121. The highest BCUT2D eigenvalue weighted by Crippen LogP contribution is 2.18. The molecule has 0 fully saturated rings. The molecule has 0 bridgehead atoms. The molecular formula is C8H9BrF3N3O2S. The van der Waals surface area contributed by atoms with Gasteiger partial charge in [0, 0.05) is 10.7 Å². The van der Waals surface area contributed by atoms with Gasteiger partial charge in [0.2, 0.25) is 0 Å². The van der Waals surface area contributed by atoms with Gasteiger partial charge in [-0.2, -0.15) is 26.3 Å². The van der Waals surface area contributed by atoms with Gasteiger partial charge in [0.05, 0.1) is 0 Å². The predicted molar refractivity (Wildman–Crippen MR) is 63.3 cm³/mol. The van der Waals surface area contributed by atoms with Gasteiger partial charge in [0.15, 0.2) is 0 Å². The number of pyridine rings is 1. The molecular weight excluding hydrogens is 339 g/mol. The van der Waals surface area contributed by atoms with Gasteiger partial charge in [0.1, 0.15) is 12.4 Å². The molecule has 0 aliphatic rings. The molecule has 0 aliphatic carbocycles. The molecule has 0 unspecified atom stereocenters. The fraction of sp³-hybridized carbons (Fsp3) is 0.375. The molecule has 18 heavy (non-hydrogen) atoms. The first-order valence-corrected chi connectivity index (χ1v) is 6.83. The Bertz CT molecular complexity index is 533. The molecule has 1 aromatic rings. The molecule has 0 spiro atoms. The van der Waals surface area contributed by atoms with Gasteiger partial charge in [-0.1, -0.05) is 0 Å². The van der Waals surface area contributed by atoms with E-state index >= 15 is 0 Å². The molecule has 10 heteroatoms. The Morgan fingerprint density at radius 1 is 1.44 bits per heavy atom. The molecule has 1 heterocycles. The van der Waals surface area contributed by atoms with Crippen LogP contribution in [-0.2, 0) is 10.2 Å². The van der Waals surface area contributed by atoms with Crippen molar-refractivity contribution in [2.24, 2.45) is 0 Å². The van der Waals surface area contributed by atoms with Crippen LogP contribution in [-0.4, -0.2) is 26.1 Å². The smallest absolute Gasteiger partial charge is 0.255 e. The van der Waals surface area contributed by atoms with E-state index in [2.05, 4.69) is 20.9 Å². The highest BCUT2D eigenvalue weighted by Gasteiger charge is 2.29. The number of halogens is 4. The van der Waals surface area contributed by atoms with Crippen LogP contribution < -0.4 is 9.44 Å². The Morgan fingerprint density at radius 3 is 2.56 bits per heavy atom. The highest BCUT2D eigenvalue weighted by molar-refractivity contribution is 9.10. The van der Waals surface area contributed by atoms with Crippen LogP contribution in [0.15, 0.2) is 16.7 Å². The minimum Gasteiger partial charge on any atom is -0.255 e. The van der Waals surface area contributed by atoms with E-state index in [1.807, 2.05) is 4.72 Å². The van der Waals surface area contributed by atoms with Crippen LogP contribution in [0, 0.1) is 6.92 Å². The lowest BCUT2D eigenvalue weighted by atomic mass is 10.3. The van der Waals surface area contributed by atoms with E-state index < -0.39 is 22.9 Å². The molecule has 1 rings (SSSR count). The molecule has 0 aromatic carbocycles. The maximum atomic E-state index is 11.9. The number of rotatable bonds is 4. The molecule has 102 valence electrons. The topological polar surface area (TPSA) is 71.1 Å². The Morgan fingerprint density at radius 2 is 2.06 bits per heavy atom. The fourth-order valence-electron chi connectivity index (χ4n) is 0.946. The zero-order valence-electron chi connectivity index (χ0n) is 9.05. The molecule has 1 aromatic heterocycles. The van der Waals surface area contributed by atoms with Crippen molar-refractivity contribution >= 4 is 32.0 Å². The Labute approximate surface area is 110 Å². The number of nitrogens with one attached hydrogen (secondary N) is 2. The van der Waals surface area contributed by atoms with Gasteiger partial charge in [-0.05, 0) is 34.5 Å². The average molecular weight is 348 g/mol. The molecule has 0 saturated carbocycles. The quantitative estimate of drug-likeness (QED) is 0.874. The summed E-state index contributed by atoms with van der Waals surface area (Å²) in [5.41, 5.74) is 0.693. The number of anilines is 1. The molecule has 0 amide bonds. The first kappa shape index (κ1) is 15.2. The normalized spacial score (nSPS) is 12.5. The van der Waals surface area contributed by atoms with Crippen LogP contribution >= 0.6 is 15.9 Å². The lowest BCUT2D eigenvalue weighted by Gasteiger charge is -2.11. The first-order chi connectivity index (χ1) is 8.09. The summed E-state index contributed by atoms with van der Waals surface area (Å²) in [7, 11) is -4.30. The Hall–Kier alpha value is -0.870. The summed E-state index contributed by atoms with van der Waals surface area (Å²) >= 11 is 3.16. The molecule has 0 saturated heterocycles. The van der Waals surface area contributed by atoms with Crippen molar-refractivity contribution in [2.45, 2.75) is 13.1 Å². The van der Waals surface area contributed by atoms with Crippen LogP contribution in [0.2, 0.25) is 0 Å². The SMILES string of the molecule is Cc1cc(NS(=O)(=O)NCC(F)(F)F)ncc1Br. The molecule has 0 aliphatic heterocycles. The van der Waals surface area contributed by atoms with Crippen molar-refractivity contribution in [1.29, 1.82) is 0 Å². The third-order valence-corrected chi connectivity index (χ3v) is 3.58. The van der Waals surface area contributed by atoms with Crippen molar-refractivity contribution in [1.82, 2.24) is 9.71 Å². The molecule has 5 nitrogen and oxygen atoms in total. The van der Waals surface area contributed by atoms with Crippen LogP contribution in [0.3, 0.4) is 0 Å². The first-order valence-electron chi connectivity index (χ1n) is 4.55. The van der Waals surface area contributed by atoms with Crippen LogP contribution in [0.5, 0.6) is 0 Å². The van der Waals surface area contributed by atoms with Crippen molar-refractivity contribution in [3.05, 3.63) is 22.3 Å². The third kappa shape index (κ3) is 5.19. The van der Waals surface area contributed by atoms with E-state index in [0.29, 0.717) is 10.0 Å². The van der Waals surface area contributed by atoms with Crippen LogP contribution in [0.1, 0.15) is 5.56 Å². The van der Waals surface area contributed by atoms with E-state index in [-0.39, 0.29) is 5.82 Å². The van der Waals surface area contributed by atoms with E-state index in [1.54, 1.807) is 6.92 Å². The monoisotopic (exact) mass is 347 g/mol. The van der Waals surface area contributed by atoms with Crippen molar-refractivity contribution < 1.29 is 21.6 Å². The Balaban J connectivity index is 2.74. The second kappa shape index (κ2) is 5.41. The summed E-state index contributed by atoms with van der Waals surface area (Å²) in [6, 6.07) is 1.39. The zero-order chi connectivity index (χ0) is 14.0. The maximum Gasteiger partial charge on any atom is 0.402 e. The summed E-state index contributed by atoms with van der Waals surface area (Å²) in [5, 5.41) is 0. The number of nitrogens with zero attached hydrogens (tertiary/aromatic N) is 1. The Kier molecular flexibility index (Phi) is 4.56.